The number of nitrogens with one attached hydrogen (secondary N) is 1. The van der Waals surface area contributed by atoms with E-state index >= 15 is 0 Å². The van der Waals surface area contributed by atoms with Gasteiger partial charge in [-0.3, -0.25) is 0 Å². The number of H-pyrrole nitrogens is 1. The summed E-state index contributed by atoms with van der Waals surface area (Å²) in [7, 11) is 0. The van der Waals surface area contributed by atoms with E-state index in [9.17, 15) is 18.3 Å². The molecular formula is C16H9F3N2O2. The Hall–Kier alpha value is -2.98. The monoisotopic (exact) mass is 318 g/mol. The minimum absolute atomic E-state index is 0.0444. The molecule has 0 saturated carbocycles. The molecule has 0 aliphatic rings. The van der Waals surface area contributed by atoms with Crippen molar-refractivity contribution in [3.05, 3.63) is 59.0 Å². The molecule has 23 heavy (non-hydrogen) atoms. The summed E-state index contributed by atoms with van der Waals surface area (Å²) in [5.41, 5.74) is -0.338. The number of hydrogen-bond acceptors (Lipinski definition) is 3. The summed E-state index contributed by atoms with van der Waals surface area (Å²) in [5, 5.41) is 18.5. The molecule has 0 saturated heterocycles. The molecule has 3 rings (SSSR count). The van der Waals surface area contributed by atoms with E-state index in [1.165, 1.54) is 18.3 Å². The standard InChI is InChI=1S/C16H9F3N2O2/c17-12-2-1-9(5-8(12)6-20)23-16-11(7-22)10-3-4-21-15(10)13(18)14(16)19/h1-5,21-22H,7H2. The summed E-state index contributed by atoms with van der Waals surface area (Å²) in [4.78, 5) is 2.55. The van der Waals surface area contributed by atoms with Gasteiger partial charge in [0.2, 0.25) is 5.82 Å². The van der Waals surface area contributed by atoms with Gasteiger partial charge in [-0.25, -0.2) is 8.78 Å². The molecule has 116 valence electrons. The van der Waals surface area contributed by atoms with Crippen LogP contribution in [0.25, 0.3) is 10.9 Å². The first-order valence-electron chi connectivity index (χ1n) is 6.52. The van der Waals surface area contributed by atoms with Crippen molar-refractivity contribution in [2.75, 3.05) is 0 Å². The molecule has 2 aromatic carbocycles. The number of aliphatic hydroxyl groups is 1. The zero-order valence-corrected chi connectivity index (χ0v) is 11.5. The number of aromatic amines is 1. The summed E-state index contributed by atoms with van der Waals surface area (Å²) in [5.74, 6) is -3.75. The minimum atomic E-state index is -1.29. The third kappa shape index (κ3) is 2.39. The summed E-state index contributed by atoms with van der Waals surface area (Å²) in [6.07, 6.45) is 1.40. The number of nitriles is 1. The highest BCUT2D eigenvalue weighted by Gasteiger charge is 2.22. The van der Waals surface area contributed by atoms with E-state index in [1.54, 1.807) is 6.07 Å². The maximum atomic E-state index is 14.2. The summed E-state index contributed by atoms with van der Waals surface area (Å²) in [6.45, 7) is -0.590. The van der Waals surface area contributed by atoms with Crippen molar-refractivity contribution in [1.29, 1.82) is 5.26 Å². The second-order valence-electron chi connectivity index (χ2n) is 4.72. The molecule has 0 aliphatic carbocycles. The van der Waals surface area contributed by atoms with Crippen LogP contribution in [0.15, 0.2) is 30.5 Å². The highest BCUT2D eigenvalue weighted by Crippen LogP contribution is 2.36. The molecule has 1 aromatic heterocycles. The Morgan fingerprint density at radius 1 is 1.17 bits per heavy atom. The first-order valence-corrected chi connectivity index (χ1v) is 6.52. The number of rotatable bonds is 3. The van der Waals surface area contributed by atoms with Gasteiger partial charge < -0.3 is 14.8 Å². The zero-order valence-electron chi connectivity index (χ0n) is 11.5. The fourth-order valence-electron chi connectivity index (χ4n) is 2.30. The molecule has 0 radical (unpaired) electrons. The summed E-state index contributed by atoms with van der Waals surface area (Å²) >= 11 is 0. The number of aromatic nitrogens is 1. The van der Waals surface area contributed by atoms with Crippen molar-refractivity contribution in [2.45, 2.75) is 6.61 Å². The van der Waals surface area contributed by atoms with E-state index in [-0.39, 0.29) is 27.8 Å². The Morgan fingerprint density at radius 3 is 2.65 bits per heavy atom. The molecule has 0 bridgehead atoms. The van der Waals surface area contributed by atoms with Crippen molar-refractivity contribution < 1.29 is 23.0 Å². The summed E-state index contributed by atoms with van der Waals surface area (Å²) in [6, 6.07) is 6.32. The quantitative estimate of drug-likeness (QED) is 0.773. The molecule has 4 nitrogen and oxygen atoms in total. The number of ether oxygens (including phenoxy) is 1. The number of aliphatic hydroxyl groups excluding tert-OH is 1. The van der Waals surface area contributed by atoms with Gasteiger partial charge in [0.15, 0.2) is 11.6 Å². The lowest BCUT2D eigenvalue weighted by Gasteiger charge is -2.13. The van der Waals surface area contributed by atoms with Crippen LogP contribution in [0.3, 0.4) is 0 Å². The second kappa shape index (κ2) is 5.66. The van der Waals surface area contributed by atoms with E-state index in [4.69, 9.17) is 10.00 Å². The predicted octanol–water partition coefficient (Wildman–Crippen LogP) is 3.74. The third-order valence-electron chi connectivity index (χ3n) is 3.39. The maximum absolute atomic E-state index is 14.2. The second-order valence-corrected chi connectivity index (χ2v) is 4.72. The molecule has 2 N–H and O–H groups in total. The number of fused-ring (bicyclic) bond motifs is 1. The molecule has 0 atom stereocenters. The Labute approximate surface area is 128 Å². The van der Waals surface area contributed by atoms with Crippen LogP contribution in [0.1, 0.15) is 11.1 Å². The Bertz CT molecular complexity index is 945. The van der Waals surface area contributed by atoms with Gasteiger partial charge in [0.05, 0.1) is 17.7 Å². The first kappa shape index (κ1) is 14.9. The normalized spacial score (nSPS) is 10.7. The molecule has 0 amide bonds. The first-order chi connectivity index (χ1) is 11.1. The van der Waals surface area contributed by atoms with Crippen LogP contribution in [0.5, 0.6) is 11.5 Å². The van der Waals surface area contributed by atoms with Crippen LogP contribution in [0.2, 0.25) is 0 Å². The molecule has 3 aromatic rings. The van der Waals surface area contributed by atoms with E-state index in [2.05, 4.69) is 4.98 Å². The van der Waals surface area contributed by atoms with Crippen molar-refractivity contribution >= 4 is 10.9 Å². The Balaban J connectivity index is 2.16. The average molecular weight is 318 g/mol. The average Bonchev–Trinajstić information content (AvgIpc) is 3.04. The van der Waals surface area contributed by atoms with Crippen LogP contribution in [-0.4, -0.2) is 10.1 Å². The van der Waals surface area contributed by atoms with Crippen LogP contribution < -0.4 is 4.74 Å². The maximum Gasteiger partial charge on any atom is 0.203 e. The molecule has 0 spiro atoms. The summed E-state index contributed by atoms with van der Waals surface area (Å²) < 4.78 is 46.9. The van der Waals surface area contributed by atoms with Crippen molar-refractivity contribution in [3.8, 4) is 17.6 Å². The molecule has 0 aliphatic heterocycles. The van der Waals surface area contributed by atoms with E-state index in [0.29, 0.717) is 0 Å². The number of nitrogens with zero attached hydrogens (tertiary/aromatic N) is 1. The molecule has 1 heterocycles. The molecular weight excluding hydrogens is 309 g/mol. The topological polar surface area (TPSA) is 69.0 Å². The lowest BCUT2D eigenvalue weighted by molar-refractivity contribution is 0.275. The van der Waals surface area contributed by atoms with Gasteiger partial charge in [-0.1, -0.05) is 0 Å². The number of benzene rings is 2. The Kier molecular flexibility index (Phi) is 3.68. The lowest BCUT2D eigenvalue weighted by atomic mass is 10.1. The molecule has 0 fully saturated rings. The van der Waals surface area contributed by atoms with Gasteiger partial charge >= 0.3 is 0 Å². The third-order valence-corrected chi connectivity index (χ3v) is 3.39. The van der Waals surface area contributed by atoms with E-state index in [0.717, 1.165) is 12.1 Å². The number of hydrogen-bond donors (Lipinski definition) is 2. The van der Waals surface area contributed by atoms with Gasteiger partial charge in [-0.05, 0) is 18.2 Å². The van der Waals surface area contributed by atoms with Gasteiger partial charge in [0.25, 0.3) is 0 Å². The Morgan fingerprint density at radius 2 is 1.96 bits per heavy atom. The van der Waals surface area contributed by atoms with Crippen LogP contribution in [-0.2, 0) is 6.61 Å². The highest BCUT2D eigenvalue weighted by molar-refractivity contribution is 5.86. The van der Waals surface area contributed by atoms with Crippen LogP contribution in [0, 0.1) is 28.8 Å². The van der Waals surface area contributed by atoms with Gasteiger partial charge in [0.1, 0.15) is 17.6 Å². The van der Waals surface area contributed by atoms with E-state index < -0.39 is 29.8 Å². The van der Waals surface area contributed by atoms with Crippen molar-refractivity contribution in [1.82, 2.24) is 4.98 Å². The smallest absolute Gasteiger partial charge is 0.203 e. The van der Waals surface area contributed by atoms with Crippen molar-refractivity contribution in [2.24, 2.45) is 0 Å². The lowest BCUT2D eigenvalue weighted by Crippen LogP contribution is -2.00. The van der Waals surface area contributed by atoms with Crippen molar-refractivity contribution in [3.63, 3.8) is 0 Å². The molecule has 0 unspecified atom stereocenters. The van der Waals surface area contributed by atoms with E-state index in [1.807, 2.05) is 0 Å². The molecule has 7 heteroatoms. The largest absolute Gasteiger partial charge is 0.454 e. The van der Waals surface area contributed by atoms with Gasteiger partial charge in [-0.15, -0.1) is 0 Å². The van der Waals surface area contributed by atoms with Gasteiger partial charge in [0, 0.05) is 23.2 Å². The van der Waals surface area contributed by atoms with Crippen LogP contribution in [0.4, 0.5) is 13.2 Å². The minimum Gasteiger partial charge on any atom is -0.454 e. The fourth-order valence-corrected chi connectivity index (χ4v) is 2.30. The predicted molar refractivity (Wildman–Crippen MR) is 75.3 cm³/mol. The van der Waals surface area contributed by atoms with Crippen LogP contribution >= 0.6 is 0 Å². The van der Waals surface area contributed by atoms with Gasteiger partial charge in [-0.2, -0.15) is 9.65 Å². The fraction of sp³-hybridized carbons (Fsp3) is 0.0625. The number of halogens is 3. The zero-order chi connectivity index (χ0) is 16.6. The SMILES string of the molecule is N#Cc1cc(Oc2c(F)c(F)c3[nH]ccc3c2CO)ccc1F. The highest BCUT2D eigenvalue weighted by atomic mass is 19.2.